The summed E-state index contributed by atoms with van der Waals surface area (Å²) in [4.78, 5) is 2.53. The predicted molar refractivity (Wildman–Crippen MR) is 40.8 cm³/mol. The van der Waals surface area contributed by atoms with Gasteiger partial charge in [0.15, 0.2) is 0 Å². The lowest BCUT2D eigenvalue weighted by Crippen LogP contribution is -2.44. The van der Waals surface area contributed by atoms with Gasteiger partial charge in [-0.2, -0.15) is 0 Å². The van der Waals surface area contributed by atoms with E-state index in [-0.39, 0.29) is 0 Å². The van der Waals surface area contributed by atoms with Gasteiger partial charge in [0.2, 0.25) is 0 Å². The molecule has 1 heteroatoms. The van der Waals surface area contributed by atoms with Crippen molar-refractivity contribution in [1.29, 1.82) is 0 Å². The molecule has 0 bridgehead atoms. The SMILES string of the molecule is CN1CC2CC23CC[C@H]3C1. The maximum atomic E-state index is 2.53. The third-order valence-electron chi connectivity index (χ3n) is 4.11. The van der Waals surface area contributed by atoms with Crippen LogP contribution < -0.4 is 0 Å². The third kappa shape index (κ3) is 0.460. The molecule has 0 amide bonds. The predicted octanol–water partition coefficient (Wildman–Crippen LogP) is 1.35. The van der Waals surface area contributed by atoms with Crippen LogP contribution in [0, 0.1) is 17.3 Å². The minimum atomic E-state index is 0.923. The second-order valence-corrected chi connectivity index (χ2v) is 4.59. The zero-order valence-corrected chi connectivity index (χ0v) is 6.64. The van der Waals surface area contributed by atoms with Crippen molar-refractivity contribution in [2.75, 3.05) is 20.1 Å². The van der Waals surface area contributed by atoms with Crippen molar-refractivity contribution in [2.45, 2.75) is 19.3 Å². The lowest BCUT2D eigenvalue weighted by Gasteiger charge is -2.45. The van der Waals surface area contributed by atoms with E-state index < -0.39 is 0 Å². The number of hydrogen-bond donors (Lipinski definition) is 0. The van der Waals surface area contributed by atoms with Gasteiger partial charge in [-0.1, -0.05) is 0 Å². The molecule has 0 N–H and O–H groups in total. The van der Waals surface area contributed by atoms with E-state index >= 15 is 0 Å². The van der Waals surface area contributed by atoms with Crippen LogP contribution in [0.1, 0.15) is 19.3 Å². The van der Waals surface area contributed by atoms with Crippen molar-refractivity contribution in [3.05, 3.63) is 0 Å². The Bertz CT molecular complexity index is 178. The summed E-state index contributed by atoms with van der Waals surface area (Å²) in [5.41, 5.74) is 0.923. The fraction of sp³-hybridized carbons (Fsp3) is 1.00. The van der Waals surface area contributed by atoms with Gasteiger partial charge in [0.25, 0.3) is 0 Å². The van der Waals surface area contributed by atoms with Gasteiger partial charge >= 0.3 is 0 Å². The van der Waals surface area contributed by atoms with E-state index in [1.807, 2.05) is 0 Å². The monoisotopic (exact) mass is 137 g/mol. The number of nitrogens with zero attached hydrogens (tertiary/aromatic N) is 1. The molecule has 1 aliphatic heterocycles. The van der Waals surface area contributed by atoms with Crippen LogP contribution in [-0.4, -0.2) is 25.0 Å². The maximum Gasteiger partial charge on any atom is 0.00124 e. The van der Waals surface area contributed by atoms with E-state index in [1.165, 1.54) is 19.5 Å². The lowest BCUT2D eigenvalue weighted by molar-refractivity contribution is 0.0432. The van der Waals surface area contributed by atoms with Crippen molar-refractivity contribution >= 4 is 0 Å². The summed E-state index contributed by atoms with van der Waals surface area (Å²) in [5, 5.41) is 0. The molecule has 1 heterocycles. The van der Waals surface area contributed by atoms with Gasteiger partial charge in [-0.25, -0.2) is 0 Å². The summed E-state index contributed by atoms with van der Waals surface area (Å²) in [5.74, 6) is 2.22. The zero-order valence-electron chi connectivity index (χ0n) is 6.64. The molecule has 3 atom stereocenters. The second kappa shape index (κ2) is 1.42. The maximum absolute atomic E-state index is 2.53. The molecule has 1 spiro atoms. The molecule has 1 saturated heterocycles. The molecule has 2 unspecified atom stereocenters. The third-order valence-corrected chi connectivity index (χ3v) is 4.11. The number of hydrogen-bond acceptors (Lipinski definition) is 1. The average Bonchev–Trinajstić information content (AvgIpc) is 2.56. The first-order valence-corrected chi connectivity index (χ1v) is 4.50. The topological polar surface area (TPSA) is 3.24 Å². The molecule has 0 aromatic rings. The van der Waals surface area contributed by atoms with E-state index in [0.717, 1.165) is 17.3 Å². The minimum absolute atomic E-state index is 0.923. The summed E-state index contributed by atoms with van der Waals surface area (Å²) >= 11 is 0. The van der Waals surface area contributed by atoms with Crippen molar-refractivity contribution in [1.82, 2.24) is 4.90 Å². The van der Waals surface area contributed by atoms with Gasteiger partial charge in [-0.05, 0) is 43.6 Å². The van der Waals surface area contributed by atoms with Crippen LogP contribution in [-0.2, 0) is 0 Å². The van der Waals surface area contributed by atoms with Gasteiger partial charge in [0.05, 0.1) is 0 Å². The smallest absolute Gasteiger partial charge is 0.00124 e. The van der Waals surface area contributed by atoms with Crippen LogP contribution in [0.4, 0.5) is 0 Å². The first-order valence-electron chi connectivity index (χ1n) is 4.50. The molecule has 3 aliphatic rings. The van der Waals surface area contributed by atoms with Crippen LogP contribution in [0.15, 0.2) is 0 Å². The zero-order chi connectivity index (χ0) is 6.77. The second-order valence-electron chi connectivity index (χ2n) is 4.59. The van der Waals surface area contributed by atoms with Gasteiger partial charge in [-0.15, -0.1) is 0 Å². The van der Waals surface area contributed by atoms with Crippen LogP contribution >= 0.6 is 0 Å². The van der Waals surface area contributed by atoms with Crippen LogP contribution in [0.3, 0.4) is 0 Å². The summed E-state index contributed by atoms with van der Waals surface area (Å²) in [6.07, 6.45) is 4.67. The molecule has 1 nitrogen and oxygen atoms in total. The molecular weight excluding hydrogens is 122 g/mol. The molecule has 2 saturated carbocycles. The molecule has 2 aliphatic carbocycles. The molecule has 56 valence electrons. The fourth-order valence-corrected chi connectivity index (χ4v) is 3.27. The Morgan fingerprint density at radius 2 is 2.10 bits per heavy atom. The van der Waals surface area contributed by atoms with Gasteiger partial charge in [0, 0.05) is 13.1 Å². The Labute approximate surface area is 62.4 Å². The largest absolute Gasteiger partial charge is 0.306 e. The Kier molecular flexibility index (Phi) is 0.797. The Morgan fingerprint density at radius 1 is 1.30 bits per heavy atom. The number of rotatable bonds is 0. The van der Waals surface area contributed by atoms with E-state index in [4.69, 9.17) is 0 Å². The highest BCUT2D eigenvalue weighted by molar-refractivity contribution is 5.15. The highest BCUT2D eigenvalue weighted by atomic mass is 15.1. The van der Waals surface area contributed by atoms with E-state index in [1.54, 1.807) is 12.8 Å². The molecule has 10 heavy (non-hydrogen) atoms. The fourth-order valence-electron chi connectivity index (χ4n) is 3.27. The normalized spacial score (nSPS) is 58.5. The van der Waals surface area contributed by atoms with Crippen LogP contribution in [0.2, 0.25) is 0 Å². The molecule has 3 rings (SSSR count). The molecule has 3 fully saturated rings. The Balaban J connectivity index is 1.85. The molecular formula is C9H15N. The van der Waals surface area contributed by atoms with E-state index in [0.29, 0.717) is 0 Å². The first kappa shape index (κ1) is 5.59. The van der Waals surface area contributed by atoms with E-state index in [9.17, 15) is 0 Å². The summed E-state index contributed by atoms with van der Waals surface area (Å²) < 4.78 is 0. The van der Waals surface area contributed by atoms with Crippen molar-refractivity contribution in [2.24, 2.45) is 17.3 Å². The highest BCUT2D eigenvalue weighted by Gasteiger charge is 2.65. The minimum Gasteiger partial charge on any atom is -0.306 e. The van der Waals surface area contributed by atoms with E-state index in [2.05, 4.69) is 11.9 Å². The first-order chi connectivity index (χ1) is 4.81. The van der Waals surface area contributed by atoms with Gasteiger partial charge in [-0.3, -0.25) is 0 Å². The van der Waals surface area contributed by atoms with Crippen LogP contribution in [0.25, 0.3) is 0 Å². The quantitative estimate of drug-likeness (QED) is 0.487. The standard InChI is InChI=1S/C9H15N/c1-10-5-7-2-3-9(7)4-8(9)6-10/h7-8H,2-6H2,1H3/t7-,8?,9?/m0/s1. The van der Waals surface area contributed by atoms with Gasteiger partial charge < -0.3 is 4.90 Å². The molecule has 0 radical (unpaired) electrons. The van der Waals surface area contributed by atoms with Gasteiger partial charge in [0.1, 0.15) is 0 Å². The highest BCUT2D eigenvalue weighted by Crippen LogP contribution is 2.70. The van der Waals surface area contributed by atoms with Crippen LogP contribution in [0.5, 0.6) is 0 Å². The number of likely N-dealkylation sites (tertiary alicyclic amines) is 1. The average molecular weight is 137 g/mol. The van der Waals surface area contributed by atoms with Crippen molar-refractivity contribution in [3.63, 3.8) is 0 Å². The van der Waals surface area contributed by atoms with Crippen molar-refractivity contribution in [3.8, 4) is 0 Å². The molecule has 0 aromatic heterocycles. The van der Waals surface area contributed by atoms with Crippen molar-refractivity contribution < 1.29 is 0 Å². The Morgan fingerprint density at radius 3 is 2.70 bits per heavy atom. The lowest BCUT2D eigenvalue weighted by atomic mass is 9.67. The molecule has 0 aromatic carbocycles. The Hall–Kier alpha value is -0.0400. The summed E-state index contributed by atoms with van der Waals surface area (Å²) in [6.45, 7) is 2.80. The summed E-state index contributed by atoms with van der Waals surface area (Å²) in [7, 11) is 2.28. The summed E-state index contributed by atoms with van der Waals surface area (Å²) in [6, 6.07) is 0. The number of piperidine rings is 1.